The fourth-order valence-electron chi connectivity index (χ4n) is 4.11. The van der Waals surface area contributed by atoms with E-state index in [2.05, 4.69) is 28.8 Å². The van der Waals surface area contributed by atoms with E-state index in [1.165, 1.54) is 25.7 Å². The molecule has 3 atom stereocenters. The number of nitrogens with zero attached hydrogens (tertiary/aromatic N) is 3. The Morgan fingerprint density at radius 2 is 2.00 bits per heavy atom. The molecule has 1 aliphatic carbocycles. The number of rotatable bonds is 4. The lowest BCUT2D eigenvalue weighted by Gasteiger charge is -2.41. The Hall–Kier alpha value is -1.36. The molecule has 0 aromatic carbocycles. The van der Waals surface area contributed by atoms with Gasteiger partial charge in [0.15, 0.2) is 0 Å². The summed E-state index contributed by atoms with van der Waals surface area (Å²) in [6.07, 6.45) is 8.91. The fraction of sp³-hybridized carbons (Fsp3) is 0.765. The summed E-state index contributed by atoms with van der Waals surface area (Å²) in [5.74, 6) is -0.922. The number of hydrogen-bond acceptors (Lipinski definition) is 3. The second kappa shape index (κ2) is 6.41. The Kier molecular flexibility index (Phi) is 4.52. The monoisotopic (exact) mass is 305 g/mol. The maximum absolute atomic E-state index is 11.4. The molecule has 122 valence electrons. The zero-order chi connectivity index (χ0) is 15.7. The lowest BCUT2D eigenvalue weighted by Crippen LogP contribution is -2.50. The number of carbonyl (C=O) groups is 1. The molecule has 0 amide bonds. The number of aliphatic carboxylic acids is 1. The van der Waals surface area contributed by atoms with E-state index in [0.717, 1.165) is 25.1 Å². The van der Waals surface area contributed by atoms with E-state index >= 15 is 0 Å². The van der Waals surface area contributed by atoms with Crippen LogP contribution >= 0.6 is 0 Å². The zero-order valence-corrected chi connectivity index (χ0v) is 13.6. The molecular weight excluding hydrogens is 278 g/mol. The molecule has 3 unspecified atom stereocenters. The topological polar surface area (TPSA) is 58.4 Å². The Labute approximate surface area is 132 Å². The van der Waals surface area contributed by atoms with Crippen molar-refractivity contribution in [3.63, 3.8) is 0 Å². The molecule has 0 bridgehead atoms. The van der Waals surface area contributed by atoms with Crippen molar-refractivity contribution in [1.29, 1.82) is 0 Å². The summed E-state index contributed by atoms with van der Waals surface area (Å²) in [6, 6.07) is 3.15. The fourth-order valence-corrected chi connectivity index (χ4v) is 4.11. The summed E-state index contributed by atoms with van der Waals surface area (Å²) in [5.41, 5.74) is 1.07. The van der Waals surface area contributed by atoms with Gasteiger partial charge in [0.05, 0.1) is 17.7 Å². The molecule has 5 heteroatoms. The molecule has 1 aromatic rings. The van der Waals surface area contributed by atoms with Crippen LogP contribution in [0.15, 0.2) is 12.3 Å². The van der Waals surface area contributed by atoms with Gasteiger partial charge >= 0.3 is 5.97 Å². The van der Waals surface area contributed by atoms with Crippen molar-refractivity contribution in [1.82, 2.24) is 14.7 Å². The number of aromatic nitrogens is 2. The van der Waals surface area contributed by atoms with Crippen molar-refractivity contribution in [3.8, 4) is 0 Å². The minimum absolute atomic E-state index is 0.0675. The van der Waals surface area contributed by atoms with Crippen molar-refractivity contribution in [2.45, 2.75) is 77.0 Å². The first-order valence-corrected chi connectivity index (χ1v) is 8.59. The molecule has 5 nitrogen and oxygen atoms in total. The van der Waals surface area contributed by atoms with Gasteiger partial charge in [0, 0.05) is 24.8 Å². The normalized spacial score (nSPS) is 30.7. The van der Waals surface area contributed by atoms with Gasteiger partial charge in [0.1, 0.15) is 0 Å². The van der Waals surface area contributed by atoms with Crippen molar-refractivity contribution in [2.24, 2.45) is 5.92 Å². The Balaban J connectivity index is 1.69. The van der Waals surface area contributed by atoms with Gasteiger partial charge in [-0.25, -0.2) is 0 Å². The van der Waals surface area contributed by atoms with E-state index < -0.39 is 5.97 Å². The first-order valence-electron chi connectivity index (χ1n) is 8.59. The van der Waals surface area contributed by atoms with Crippen molar-refractivity contribution in [3.05, 3.63) is 18.0 Å². The molecule has 2 aliphatic rings. The van der Waals surface area contributed by atoms with E-state index in [1.807, 2.05) is 6.92 Å². The van der Waals surface area contributed by atoms with Gasteiger partial charge in [0.2, 0.25) is 0 Å². The van der Waals surface area contributed by atoms with Crippen LogP contribution in [0.5, 0.6) is 0 Å². The van der Waals surface area contributed by atoms with Gasteiger partial charge < -0.3 is 5.11 Å². The molecule has 0 radical (unpaired) electrons. The minimum Gasteiger partial charge on any atom is -0.481 e. The van der Waals surface area contributed by atoms with E-state index in [-0.39, 0.29) is 12.0 Å². The first-order chi connectivity index (χ1) is 10.6. The van der Waals surface area contributed by atoms with Crippen LogP contribution in [-0.2, 0) is 11.3 Å². The van der Waals surface area contributed by atoms with Crippen molar-refractivity contribution >= 4 is 5.97 Å². The van der Waals surface area contributed by atoms with Gasteiger partial charge in [-0.2, -0.15) is 5.10 Å². The number of carboxylic acids is 1. The molecule has 0 spiro atoms. The molecule has 1 N–H and O–H groups in total. The molecule has 1 aromatic heterocycles. The zero-order valence-electron chi connectivity index (χ0n) is 13.6. The van der Waals surface area contributed by atoms with Gasteiger partial charge in [-0.15, -0.1) is 0 Å². The molecule has 2 fully saturated rings. The molecule has 2 heterocycles. The van der Waals surface area contributed by atoms with Crippen LogP contribution in [-0.4, -0.2) is 37.8 Å². The lowest BCUT2D eigenvalue weighted by molar-refractivity contribution is -0.146. The predicted octanol–water partition coefficient (Wildman–Crippen LogP) is 3.07. The van der Waals surface area contributed by atoms with Crippen molar-refractivity contribution in [2.75, 3.05) is 0 Å². The molecule has 22 heavy (non-hydrogen) atoms. The minimum atomic E-state index is -0.666. The smallest absolute Gasteiger partial charge is 0.308 e. The SMILES string of the molecule is CC1CCC(C(=O)O)C(C)N1Cc1ccn(C2CCCC2)n1. The van der Waals surface area contributed by atoms with Crippen LogP contribution in [0.1, 0.15) is 64.1 Å². The van der Waals surface area contributed by atoms with Gasteiger partial charge in [-0.05, 0) is 45.6 Å². The highest BCUT2D eigenvalue weighted by Crippen LogP contribution is 2.31. The summed E-state index contributed by atoms with van der Waals surface area (Å²) in [6.45, 7) is 5.00. The maximum atomic E-state index is 11.4. The van der Waals surface area contributed by atoms with Crippen molar-refractivity contribution < 1.29 is 9.90 Å². The number of piperidine rings is 1. The third-order valence-electron chi connectivity index (χ3n) is 5.59. The van der Waals surface area contributed by atoms with E-state index in [4.69, 9.17) is 5.10 Å². The number of carboxylic acid groups (broad SMARTS) is 1. The highest BCUT2D eigenvalue weighted by Gasteiger charge is 2.36. The van der Waals surface area contributed by atoms with Crippen LogP contribution in [0, 0.1) is 5.92 Å². The number of hydrogen-bond donors (Lipinski definition) is 1. The molecule has 1 aliphatic heterocycles. The number of likely N-dealkylation sites (tertiary alicyclic amines) is 1. The first kappa shape index (κ1) is 15.5. The van der Waals surface area contributed by atoms with Crippen LogP contribution in [0.25, 0.3) is 0 Å². The van der Waals surface area contributed by atoms with Gasteiger partial charge in [0.25, 0.3) is 0 Å². The highest BCUT2D eigenvalue weighted by atomic mass is 16.4. The Morgan fingerprint density at radius 1 is 1.27 bits per heavy atom. The van der Waals surface area contributed by atoms with Crippen LogP contribution in [0.2, 0.25) is 0 Å². The quantitative estimate of drug-likeness (QED) is 0.929. The van der Waals surface area contributed by atoms with Crippen LogP contribution in [0.3, 0.4) is 0 Å². The Morgan fingerprint density at radius 3 is 2.68 bits per heavy atom. The third kappa shape index (κ3) is 3.05. The summed E-state index contributed by atoms with van der Waals surface area (Å²) >= 11 is 0. The molecule has 1 saturated carbocycles. The van der Waals surface area contributed by atoms with E-state index in [0.29, 0.717) is 12.1 Å². The Bertz CT molecular complexity index is 522. The predicted molar refractivity (Wildman–Crippen MR) is 84.6 cm³/mol. The van der Waals surface area contributed by atoms with Gasteiger partial charge in [-0.3, -0.25) is 14.4 Å². The lowest BCUT2D eigenvalue weighted by atomic mass is 9.86. The van der Waals surface area contributed by atoms with E-state index in [9.17, 15) is 9.90 Å². The van der Waals surface area contributed by atoms with Crippen LogP contribution < -0.4 is 0 Å². The molecule has 1 saturated heterocycles. The standard InChI is InChI=1S/C17H27N3O2/c1-12-7-8-16(17(21)22)13(2)19(12)11-14-9-10-20(18-14)15-5-3-4-6-15/h9-10,12-13,15-16H,3-8,11H2,1-2H3,(H,21,22). The third-order valence-corrected chi connectivity index (χ3v) is 5.59. The second-order valence-corrected chi connectivity index (χ2v) is 7.01. The maximum Gasteiger partial charge on any atom is 0.308 e. The largest absolute Gasteiger partial charge is 0.481 e. The van der Waals surface area contributed by atoms with E-state index in [1.54, 1.807) is 0 Å². The van der Waals surface area contributed by atoms with Gasteiger partial charge in [-0.1, -0.05) is 12.8 Å². The summed E-state index contributed by atoms with van der Waals surface area (Å²) in [7, 11) is 0. The average molecular weight is 305 g/mol. The van der Waals surface area contributed by atoms with Crippen LogP contribution in [0.4, 0.5) is 0 Å². The molecular formula is C17H27N3O2. The summed E-state index contributed by atoms with van der Waals surface area (Å²) in [5, 5.41) is 14.1. The summed E-state index contributed by atoms with van der Waals surface area (Å²) in [4.78, 5) is 13.7. The second-order valence-electron chi connectivity index (χ2n) is 7.01. The summed E-state index contributed by atoms with van der Waals surface area (Å²) < 4.78 is 2.12. The molecule has 3 rings (SSSR count). The average Bonchev–Trinajstić information content (AvgIpc) is 3.13. The highest BCUT2D eigenvalue weighted by molar-refractivity contribution is 5.71.